The predicted octanol–water partition coefficient (Wildman–Crippen LogP) is 3.58. The highest BCUT2D eigenvalue weighted by molar-refractivity contribution is 5.77. The Morgan fingerprint density at radius 2 is 1.66 bits per heavy atom. The highest BCUT2D eigenvalue weighted by atomic mass is 16.3. The molecule has 2 fully saturated rings. The van der Waals surface area contributed by atoms with Gasteiger partial charge in [0.2, 0.25) is 11.8 Å². The van der Waals surface area contributed by atoms with Gasteiger partial charge in [-0.25, -0.2) is 0 Å². The van der Waals surface area contributed by atoms with E-state index < -0.39 is 0 Å². The van der Waals surface area contributed by atoms with Gasteiger partial charge in [0.05, 0.1) is 6.26 Å². The molecule has 2 aliphatic heterocycles. The van der Waals surface area contributed by atoms with Gasteiger partial charge in [0, 0.05) is 65.1 Å². The second kappa shape index (κ2) is 11.3. The van der Waals surface area contributed by atoms with Crippen molar-refractivity contribution < 1.29 is 14.0 Å². The first-order chi connectivity index (χ1) is 15.7. The second-order valence-electron chi connectivity index (χ2n) is 9.11. The van der Waals surface area contributed by atoms with Crippen LogP contribution in [0.5, 0.6) is 0 Å². The number of benzene rings is 1. The number of hydrogen-bond donors (Lipinski definition) is 0. The van der Waals surface area contributed by atoms with E-state index in [1.54, 1.807) is 6.26 Å². The van der Waals surface area contributed by atoms with Crippen LogP contribution < -0.4 is 0 Å². The van der Waals surface area contributed by atoms with E-state index in [-0.39, 0.29) is 11.8 Å². The summed E-state index contributed by atoms with van der Waals surface area (Å²) in [4.78, 5) is 31.8. The molecule has 0 saturated carbocycles. The smallest absolute Gasteiger partial charge is 0.223 e. The van der Waals surface area contributed by atoms with Crippen molar-refractivity contribution in [2.24, 2.45) is 5.92 Å². The van der Waals surface area contributed by atoms with Crippen LogP contribution in [0.25, 0.3) is 0 Å². The molecule has 0 N–H and O–H groups in total. The maximum atomic E-state index is 12.8. The summed E-state index contributed by atoms with van der Waals surface area (Å²) in [6.07, 6.45) is 6.41. The van der Waals surface area contributed by atoms with Gasteiger partial charge in [0.1, 0.15) is 5.76 Å². The van der Waals surface area contributed by atoms with Gasteiger partial charge in [0.15, 0.2) is 0 Å². The molecular weight excluding hydrogens is 402 g/mol. The Hall–Kier alpha value is -2.60. The number of hydrogen-bond acceptors (Lipinski definition) is 4. The number of carbonyl (C=O) groups excluding carboxylic acids is 2. The molecule has 1 aromatic carbocycles. The monoisotopic (exact) mass is 437 g/mol. The largest absolute Gasteiger partial charge is 0.469 e. The average Bonchev–Trinajstić information content (AvgIpc) is 3.36. The molecule has 1 unspecified atom stereocenters. The zero-order valence-corrected chi connectivity index (χ0v) is 19.0. The molecule has 2 aliphatic rings. The van der Waals surface area contributed by atoms with Crippen LogP contribution in [0.2, 0.25) is 0 Å². The van der Waals surface area contributed by atoms with Gasteiger partial charge in [0.25, 0.3) is 0 Å². The Bertz CT molecular complexity index is 844. The number of amides is 2. The van der Waals surface area contributed by atoms with Gasteiger partial charge in [-0.05, 0) is 42.9 Å². The van der Waals surface area contributed by atoms with Crippen LogP contribution in [0.15, 0.2) is 53.1 Å². The summed E-state index contributed by atoms with van der Waals surface area (Å²) in [5.74, 6) is 1.76. The molecule has 2 aromatic rings. The number of rotatable bonds is 8. The van der Waals surface area contributed by atoms with E-state index in [1.807, 2.05) is 28.0 Å². The van der Waals surface area contributed by atoms with Crippen molar-refractivity contribution in [3.05, 3.63) is 60.1 Å². The number of piperidine rings is 1. The molecule has 2 saturated heterocycles. The summed E-state index contributed by atoms with van der Waals surface area (Å²) >= 11 is 0. The Labute approximate surface area is 191 Å². The van der Waals surface area contributed by atoms with Crippen molar-refractivity contribution in [1.82, 2.24) is 14.7 Å². The van der Waals surface area contributed by atoms with Crippen molar-refractivity contribution >= 4 is 11.8 Å². The summed E-state index contributed by atoms with van der Waals surface area (Å²) in [6, 6.07) is 14.3. The van der Waals surface area contributed by atoms with Crippen LogP contribution in [-0.4, -0.2) is 65.8 Å². The molecule has 1 aromatic heterocycles. The first-order valence-corrected chi connectivity index (χ1v) is 12.0. The van der Waals surface area contributed by atoms with E-state index in [2.05, 4.69) is 29.2 Å². The van der Waals surface area contributed by atoms with E-state index in [9.17, 15) is 9.59 Å². The fraction of sp³-hybridized carbons (Fsp3) is 0.538. The molecule has 0 radical (unpaired) electrons. The van der Waals surface area contributed by atoms with Crippen LogP contribution in [-0.2, 0) is 22.6 Å². The standard InChI is InChI=1S/C26H35N3O3/c30-25(28-17-15-27(16-18-28)20-22-6-2-1-3-7-22)12-10-23-8-4-14-29(21-23)26(31)13-11-24-9-5-19-32-24/h1-3,5-7,9,19,23H,4,8,10-18,20-21H2. The van der Waals surface area contributed by atoms with E-state index in [4.69, 9.17) is 4.42 Å². The third kappa shape index (κ3) is 6.45. The summed E-state index contributed by atoms with van der Waals surface area (Å²) < 4.78 is 5.34. The molecular formula is C26H35N3O3. The lowest BCUT2D eigenvalue weighted by atomic mass is 9.92. The van der Waals surface area contributed by atoms with Gasteiger partial charge in [-0.2, -0.15) is 0 Å². The SMILES string of the molecule is O=C(CCC1CCCN(C(=O)CCc2ccco2)C1)N1CCN(Cc2ccccc2)CC1. The van der Waals surface area contributed by atoms with Crippen molar-refractivity contribution in [1.29, 1.82) is 0 Å². The lowest BCUT2D eigenvalue weighted by molar-refractivity contribution is -0.134. The number of piperazine rings is 1. The van der Waals surface area contributed by atoms with Gasteiger partial charge in [-0.15, -0.1) is 0 Å². The number of aryl methyl sites for hydroxylation is 1. The third-order valence-corrected chi connectivity index (χ3v) is 6.78. The summed E-state index contributed by atoms with van der Waals surface area (Å²) in [5, 5.41) is 0. The minimum atomic E-state index is 0.201. The quantitative estimate of drug-likeness (QED) is 0.634. The fourth-order valence-corrected chi connectivity index (χ4v) is 4.85. The highest BCUT2D eigenvalue weighted by Gasteiger charge is 2.26. The Morgan fingerprint density at radius 3 is 2.41 bits per heavy atom. The molecule has 32 heavy (non-hydrogen) atoms. The average molecular weight is 438 g/mol. The van der Waals surface area contributed by atoms with Gasteiger partial charge >= 0.3 is 0 Å². The summed E-state index contributed by atoms with van der Waals surface area (Å²) in [7, 11) is 0. The van der Waals surface area contributed by atoms with Crippen LogP contribution in [0.3, 0.4) is 0 Å². The minimum absolute atomic E-state index is 0.201. The minimum Gasteiger partial charge on any atom is -0.469 e. The van der Waals surface area contributed by atoms with Crippen LogP contribution >= 0.6 is 0 Å². The van der Waals surface area contributed by atoms with Gasteiger partial charge in [-0.3, -0.25) is 14.5 Å². The molecule has 172 valence electrons. The molecule has 0 aliphatic carbocycles. The van der Waals surface area contributed by atoms with Gasteiger partial charge < -0.3 is 14.2 Å². The third-order valence-electron chi connectivity index (χ3n) is 6.78. The van der Waals surface area contributed by atoms with E-state index >= 15 is 0 Å². The Morgan fingerprint density at radius 1 is 0.875 bits per heavy atom. The van der Waals surface area contributed by atoms with Crippen molar-refractivity contribution in [2.45, 2.75) is 45.1 Å². The van der Waals surface area contributed by atoms with Crippen molar-refractivity contribution in [3.63, 3.8) is 0 Å². The molecule has 4 rings (SSSR count). The zero-order chi connectivity index (χ0) is 22.2. The fourth-order valence-electron chi connectivity index (χ4n) is 4.85. The van der Waals surface area contributed by atoms with E-state index in [0.29, 0.717) is 25.2 Å². The maximum Gasteiger partial charge on any atom is 0.223 e. The Kier molecular flexibility index (Phi) is 7.99. The second-order valence-corrected chi connectivity index (χ2v) is 9.11. The van der Waals surface area contributed by atoms with E-state index in [1.165, 1.54) is 5.56 Å². The van der Waals surface area contributed by atoms with Crippen LogP contribution in [0.1, 0.15) is 43.4 Å². The summed E-state index contributed by atoms with van der Waals surface area (Å²) in [5.41, 5.74) is 1.33. The summed E-state index contributed by atoms with van der Waals surface area (Å²) in [6.45, 7) is 6.07. The normalized spacial score (nSPS) is 19.8. The molecule has 6 nitrogen and oxygen atoms in total. The molecule has 0 bridgehead atoms. The van der Waals surface area contributed by atoms with Gasteiger partial charge in [-0.1, -0.05) is 30.3 Å². The van der Waals surface area contributed by atoms with Crippen LogP contribution in [0.4, 0.5) is 0 Å². The highest BCUT2D eigenvalue weighted by Crippen LogP contribution is 2.23. The zero-order valence-electron chi connectivity index (χ0n) is 19.0. The van der Waals surface area contributed by atoms with Crippen molar-refractivity contribution in [2.75, 3.05) is 39.3 Å². The predicted molar refractivity (Wildman–Crippen MR) is 124 cm³/mol. The maximum absolute atomic E-state index is 12.8. The number of carbonyl (C=O) groups is 2. The topological polar surface area (TPSA) is 57.0 Å². The number of furan rings is 1. The van der Waals surface area contributed by atoms with Crippen molar-refractivity contribution in [3.8, 4) is 0 Å². The molecule has 3 heterocycles. The lowest BCUT2D eigenvalue weighted by Gasteiger charge is -2.36. The molecule has 6 heteroatoms. The lowest BCUT2D eigenvalue weighted by Crippen LogP contribution is -2.48. The number of likely N-dealkylation sites (tertiary alicyclic amines) is 1. The molecule has 0 spiro atoms. The molecule has 2 amide bonds. The van der Waals surface area contributed by atoms with Crippen LogP contribution in [0, 0.1) is 5.92 Å². The Balaban J connectivity index is 1.15. The molecule has 1 atom stereocenters. The van der Waals surface area contributed by atoms with E-state index in [0.717, 1.165) is 70.8 Å². The first kappa shape index (κ1) is 22.6. The first-order valence-electron chi connectivity index (χ1n) is 12.0. The number of nitrogens with zero attached hydrogens (tertiary/aromatic N) is 3.